The first-order chi connectivity index (χ1) is 16.9. The highest BCUT2D eigenvalue weighted by atomic mass is 32.2. The quantitative estimate of drug-likeness (QED) is 0.320. The van der Waals surface area contributed by atoms with E-state index in [1.807, 2.05) is 6.92 Å². The number of aliphatic hydroxyl groups excluding tert-OH is 1. The molecule has 2 aliphatic rings. The Bertz CT molecular complexity index is 1140. The molecule has 0 spiro atoms. The number of ether oxygens (including phenoxy) is 1. The number of carbonyl (C=O) groups excluding carboxylic acids is 1. The third kappa shape index (κ3) is 6.64. The van der Waals surface area contributed by atoms with Crippen molar-refractivity contribution in [1.29, 1.82) is 0 Å². The number of sulfone groups is 1. The van der Waals surface area contributed by atoms with E-state index < -0.39 is 15.7 Å². The van der Waals surface area contributed by atoms with E-state index >= 15 is 0 Å². The van der Waals surface area contributed by atoms with Crippen molar-refractivity contribution in [2.24, 2.45) is 5.16 Å². The first kappa shape index (κ1) is 25.7. The molecule has 2 fully saturated rings. The molecule has 1 aliphatic carbocycles. The summed E-state index contributed by atoms with van der Waals surface area (Å²) in [6.07, 6.45) is 3.49. The molecule has 2 heterocycles. The van der Waals surface area contributed by atoms with Crippen LogP contribution in [0, 0.1) is 0 Å². The Hall–Kier alpha value is -2.38. The maximum Gasteiger partial charge on any atom is 0.280 e. The molecule has 0 unspecified atom stereocenters. The maximum absolute atomic E-state index is 13.2. The van der Waals surface area contributed by atoms with Gasteiger partial charge in [0.25, 0.3) is 5.91 Å². The highest BCUT2D eigenvalue weighted by Gasteiger charge is 2.36. The normalized spacial score (nSPS) is 18.7. The summed E-state index contributed by atoms with van der Waals surface area (Å²) >= 11 is 1.34. The van der Waals surface area contributed by atoms with Gasteiger partial charge in [-0.25, -0.2) is 13.4 Å². The lowest BCUT2D eigenvalue weighted by Gasteiger charge is -2.17. The van der Waals surface area contributed by atoms with Crippen LogP contribution in [0.1, 0.15) is 36.6 Å². The van der Waals surface area contributed by atoms with Gasteiger partial charge in [0.1, 0.15) is 0 Å². The van der Waals surface area contributed by atoms with Gasteiger partial charge in [0.05, 0.1) is 30.0 Å². The molecule has 2 aromatic rings. The number of carbonyl (C=O) groups is 1. The average molecular weight is 523 g/mol. The van der Waals surface area contributed by atoms with E-state index in [-0.39, 0.29) is 28.6 Å². The fourth-order valence-electron chi connectivity index (χ4n) is 3.63. The number of oxime groups is 1. The summed E-state index contributed by atoms with van der Waals surface area (Å²) < 4.78 is 30.3. The monoisotopic (exact) mass is 522 g/mol. The number of rotatable bonds is 12. The molecule has 1 aromatic heterocycles. The Balaban J connectivity index is 1.50. The molecule has 0 radical (unpaired) electrons. The molecule has 10 nitrogen and oxygen atoms in total. The van der Waals surface area contributed by atoms with Crippen LogP contribution in [0.3, 0.4) is 0 Å². The molecule has 190 valence electrons. The van der Waals surface area contributed by atoms with Gasteiger partial charge in [0.15, 0.2) is 26.8 Å². The summed E-state index contributed by atoms with van der Waals surface area (Å²) in [5, 5.41) is 16.2. The number of aliphatic hydroxyl groups is 1. The summed E-state index contributed by atoms with van der Waals surface area (Å²) in [6.45, 7) is 5.01. The molecule has 1 saturated heterocycles. The van der Waals surface area contributed by atoms with Crippen LogP contribution in [-0.2, 0) is 30.8 Å². The molecule has 1 saturated carbocycles. The van der Waals surface area contributed by atoms with Crippen molar-refractivity contribution in [2.45, 2.75) is 49.0 Å². The zero-order valence-electron chi connectivity index (χ0n) is 19.6. The number of anilines is 1. The van der Waals surface area contributed by atoms with Gasteiger partial charge in [0, 0.05) is 36.1 Å². The van der Waals surface area contributed by atoms with Gasteiger partial charge in [-0.3, -0.25) is 15.0 Å². The Morgan fingerprint density at radius 3 is 2.71 bits per heavy atom. The van der Waals surface area contributed by atoms with E-state index in [1.54, 1.807) is 18.3 Å². The minimum Gasteiger partial charge on any atom is -0.395 e. The van der Waals surface area contributed by atoms with Crippen molar-refractivity contribution >= 4 is 37.9 Å². The molecule has 1 aliphatic heterocycles. The summed E-state index contributed by atoms with van der Waals surface area (Å²) in [7, 11) is -3.33. The molecule has 0 bridgehead atoms. The van der Waals surface area contributed by atoms with Crippen molar-refractivity contribution < 1.29 is 27.9 Å². The van der Waals surface area contributed by atoms with Gasteiger partial charge < -0.3 is 14.7 Å². The summed E-state index contributed by atoms with van der Waals surface area (Å²) in [5.74, 6) is -0.509. The minimum atomic E-state index is -3.33. The van der Waals surface area contributed by atoms with Gasteiger partial charge >= 0.3 is 0 Å². The Labute approximate surface area is 208 Å². The molecule has 1 aromatic carbocycles. The van der Waals surface area contributed by atoms with Crippen molar-refractivity contribution in [3.05, 3.63) is 40.9 Å². The maximum atomic E-state index is 13.2. The number of nitrogens with one attached hydrogen (secondary N) is 1. The molecular formula is C23H30N4O6S2. The van der Waals surface area contributed by atoms with E-state index in [0.717, 1.165) is 11.4 Å². The smallest absolute Gasteiger partial charge is 0.280 e. The lowest BCUT2D eigenvalue weighted by Crippen LogP contribution is -2.25. The highest BCUT2D eigenvalue weighted by molar-refractivity contribution is 7.92. The van der Waals surface area contributed by atoms with E-state index in [9.17, 15) is 18.3 Å². The summed E-state index contributed by atoms with van der Waals surface area (Å²) in [6, 6.07) is 6.16. The van der Waals surface area contributed by atoms with E-state index in [2.05, 4.69) is 20.4 Å². The summed E-state index contributed by atoms with van der Waals surface area (Å²) in [4.78, 5) is 26.3. The second kappa shape index (κ2) is 11.6. The Kier molecular flexibility index (Phi) is 8.50. The van der Waals surface area contributed by atoms with Crippen molar-refractivity contribution in [3.63, 3.8) is 0 Å². The van der Waals surface area contributed by atoms with Gasteiger partial charge in [0.2, 0.25) is 0 Å². The number of hydrogen-bond donors (Lipinski definition) is 2. The molecule has 2 N–H and O–H groups in total. The number of likely N-dealkylation sites (N-methyl/N-ethyl adjacent to an activating group) is 1. The van der Waals surface area contributed by atoms with Crippen LogP contribution in [0.15, 0.2) is 40.5 Å². The van der Waals surface area contributed by atoms with Crippen LogP contribution in [0.25, 0.3) is 0 Å². The van der Waals surface area contributed by atoms with Gasteiger partial charge in [-0.2, -0.15) is 0 Å². The van der Waals surface area contributed by atoms with Crippen LogP contribution in [-0.4, -0.2) is 79.3 Å². The fraction of sp³-hybridized carbons (Fsp3) is 0.522. The van der Waals surface area contributed by atoms with Crippen LogP contribution in [0.4, 0.5) is 5.13 Å². The summed E-state index contributed by atoms with van der Waals surface area (Å²) in [5.41, 5.74) is 0.465. The molecule has 1 amide bonds. The predicted molar refractivity (Wildman–Crippen MR) is 132 cm³/mol. The van der Waals surface area contributed by atoms with Crippen LogP contribution in [0.2, 0.25) is 0 Å². The average Bonchev–Trinajstić information content (AvgIpc) is 3.43. The third-order valence-corrected chi connectivity index (χ3v) is 9.01. The van der Waals surface area contributed by atoms with E-state index in [4.69, 9.17) is 9.57 Å². The second-order valence-electron chi connectivity index (χ2n) is 8.48. The number of nitrogens with zero attached hydrogens (tertiary/aromatic N) is 3. The fourth-order valence-corrected chi connectivity index (χ4v) is 6.13. The van der Waals surface area contributed by atoms with Gasteiger partial charge in [-0.05, 0) is 31.5 Å². The topological polar surface area (TPSA) is 130 Å². The standard InChI is InChI=1S/C23H30N4O6S2/c1-2-27(10-11-28)14-18-13-24-23(34-18)25-22(29)21(26-33-17-9-12-32-15-17)16-3-5-19(6-4-16)35(30,31)20-7-8-20/h3-6,13,17,20,28H,2,7-12,14-15H2,1H3,(H,24,25,29)/b26-21+/t17-/m1/s1. The number of aromatic nitrogens is 1. The zero-order valence-corrected chi connectivity index (χ0v) is 21.2. The van der Waals surface area contributed by atoms with Crippen LogP contribution in [0.5, 0.6) is 0 Å². The largest absolute Gasteiger partial charge is 0.395 e. The van der Waals surface area contributed by atoms with Crippen LogP contribution >= 0.6 is 11.3 Å². The molecular weight excluding hydrogens is 492 g/mol. The van der Waals surface area contributed by atoms with Crippen LogP contribution < -0.4 is 5.32 Å². The van der Waals surface area contributed by atoms with Crippen molar-refractivity contribution in [3.8, 4) is 0 Å². The highest BCUT2D eigenvalue weighted by Crippen LogP contribution is 2.33. The molecule has 35 heavy (non-hydrogen) atoms. The van der Waals surface area contributed by atoms with Gasteiger partial charge in [-0.15, -0.1) is 11.3 Å². The Morgan fingerprint density at radius 2 is 2.09 bits per heavy atom. The lowest BCUT2D eigenvalue weighted by molar-refractivity contribution is -0.110. The second-order valence-corrected chi connectivity index (χ2v) is 11.8. The number of hydrogen-bond acceptors (Lipinski definition) is 10. The first-order valence-electron chi connectivity index (χ1n) is 11.7. The first-order valence-corrected chi connectivity index (χ1v) is 14.0. The third-order valence-electron chi connectivity index (χ3n) is 5.83. The number of benzene rings is 1. The molecule has 12 heteroatoms. The Morgan fingerprint density at radius 1 is 1.31 bits per heavy atom. The lowest BCUT2D eigenvalue weighted by atomic mass is 10.1. The van der Waals surface area contributed by atoms with E-state index in [1.165, 1.54) is 23.5 Å². The minimum absolute atomic E-state index is 0.0273. The predicted octanol–water partition coefficient (Wildman–Crippen LogP) is 2.04. The van der Waals surface area contributed by atoms with E-state index in [0.29, 0.717) is 56.3 Å². The van der Waals surface area contributed by atoms with Gasteiger partial charge in [-0.1, -0.05) is 24.2 Å². The van der Waals surface area contributed by atoms with Crippen molar-refractivity contribution in [2.75, 3.05) is 38.2 Å². The number of amides is 1. The molecule has 1 atom stereocenters. The number of thiazole rings is 1. The van der Waals surface area contributed by atoms with Crippen molar-refractivity contribution in [1.82, 2.24) is 9.88 Å². The molecule has 4 rings (SSSR count). The zero-order chi connectivity index (χ0) is 24.8. The SMILES string of the molecule is CCN(CCO)Cc1cnc(NC(=O)/C(=N/O[C@@H]2CCOC2)c2ccc(S(=O)(=O)C3CC3)cc2)s1.